The molecule has 0 bridgehead atoms. The molecule has 0 aromatic heterocycles. The monoisotopic (exact) mass is 187 g/mol. The first-order chi connectivity index (χ1) is 6.14. The molecule has 1 rings (SSSR count). The molecule has 0 fully saturated rings. The number of ether oxygens (including phenoxy) is 1. The van der Waals surface area contributed by atoms with Crippen LogP contribution in [0.1, 0.15) is 20.3 Å². The zero-order valence-corrected chi connectivity index (χ0v) is 7.74. The van der Waals surface area contributed by atoms with Crippen LogP contribution in [0.15, 0.2) is 5.16 Å². The van der Waals surface area contributed by atoms with Crippen LogP contribution in [0.3, 0.4) is 0 Å². The van der Waals surface area contributed by atoms with E-state index >= 15 is 0 Å². The molecule has 13 heavy (non-hydrogen) atoms. The molecule has 1 atom stereocenters. The van der Waals surface area contributed by atoms with Gasteiger partial charge in [-0.25, -0.2) is 4.79 Å². The Labute approximate surface area is 76.3 Å². The number of esters is 1. The van der Waals surface area contributed by atoms with Gasteiger partial charge >= 0.3 is 5.97 Å². The number of nitrogens with zero attached hydrogens (tertiary/aromatic N) is 1. The van der Waals surface area contributed by atoms with Crippen LogP contribution in [0.4, 0.5) is 0 Å². The summed E-state index contributed by atoms with van der Waals surface area (Å²) in [4.78, 5) is 16.2. The molecule has 5 heteroatoms. The van der Waals surface area contributed by atoms with Gasteiger partial charge in [0.25, 0.3) is 5.60 Å². The topological polar surface area (TPSA) is 68.1 Å². The Bertz CT molecular complexity index is 238. The van der Waals surface area contributed by atoms with Crippen molar-refractivity contribution in [2.75, 3.05) is 13.2 Å². The summed E-state index contributed by atoms with van der Waals surface area (Å²) in [6, 6.07) is 0. The van der Waals surface area contributed by atoms with Gasteiger partial charge in [0.1, 0.15) is 0 Å². The molecule has 0 spiro atoms. The predicted octanol–water partition coefficient (Wildman–Crippen LogP) is 0.0768. The van der Waals surface area contributed by atoms with Crippen molar-refractivity contribution in [3.05, 3.63) is 0 Å². The highest BCUT2D eigenvalue weighted by Gasteiger charge is 2.46. The maximum atomic E-state index is 11.4. The fourth-order valence-electron chi connectivity index (χ4n) is 1.16. The third kappa shape index (κ3) is 1.80. The fourth-order valence-corrected chi connectivity index (χ4v) is 1.16. The first kappa shape index (κ1) is 9.98. The van der Waals surface area contributed by atoms with Crippen LogP contribution in [0.5, 0.6) is 0 Å². The summed E-state index contributed by atoms with van der Waals surface area (Å²) in [5.41, 5.74) is -0.609. The van der Waals surface area contributed by atoms with Gasteiger partial charge in [0.15, 0.2) is 0 Å². The largest absolute Gasteiger partial charge is 0.463 e. The minimum absolute atomic E-state index is 0.267. The molecule has 1 unspecified atom stereocenters. The second kappa shape index (κ2) is 3.74. The molecule has 0 aliphatic carbocycles. The van der Waals surface area contributed by atoms with Gasteiger partial charge in [0.2, 0.25) is 0 Å². The van der Waals surface area contributed by atoms with Gasteiger partial charge < -0.3 is 14.7 Å². The number of aliphatic hydroxyl groups excluding tert-OH is 1. The molecule has 5 nitrogen and oxygen atoms in total. The Kier molecular flexibility index (Phi) is 2.87. The summed E-state index contributed by atoms with van der Waals surface area (Å²) in [5, 5.41) is 12.7. The van der Waals surface area contributed by atoms with E-state index in [-0.39, 0.29) is 6.61 Å². The van der Waals surface area contributed by atoms with Gasteiger partial charge in [-0.2, -0.15) is 0 Å². The van der Waals surface area contributed by atoms with Crippen LogP contribution in [0, 0.1) is 0 Å². The summed E-state index contributed by atoms with van der Waals surface area (Å²) in [5.74, 6) is -0.557. The quantitative estimate of drug-likeness (QED) is 0.635. The molecule has 0 saturated carbocycles. The highest BCUT2D eigenvalue weighted by Crippen LogP contribution is 2.24. The van der Waals surface area contributed by atoms with Crippen LogP contribution < -0.4 is 0 Å². The smallest absolute Gasteiger partial charge is 0.356 e. The molecular weight excluding hydrogens is 174 g/mol. The van der Waals surface area contributed by atoms with Gasteiger partial charge in [0, 0.05) is 6.42 Å². The summed E-state index contributed by atoms with van der Waals surface area (Å²) in [6.45, 7) is 3.29. The van der Waals surface area contributed by atoms with Crippen molar-refractivity contribution in [3.63, 3.8) is 0 Å². The van der Waals surface area contributed by atoms with E-state index < -0.39 is 18.2 Å². The summed E-state index contributed by atoms with van der Waals surface area (Å²) < 4.78 is 4.77. The highest BCUT2D eigenvalue weighted by atomic mass is 16.7. The Balaban J connectivity index is 2.67. The van der Waals surface area contributed by atoms with Gasteiger partial charge in [-0.15, -0.1) is 0 Å². The summed E-state index contributed by atoms with van der Waals surface area (Å²) >= 11 is 0. The van der Waals surface area contributed by atoms with Gasteiger partial charge in [-0.3, -0.25) is 0 Å². The normalized spacial score (nSPS) is 26.5. The van der Waals surface area contributed by atoms with E-state index in [2.05, 4.69) is 5.16 Å². The van der Waals surface area contributed by atoms with E-state index in [1.165, 1.54) is 0 Å². The van der Waals surface area contributed by atoms with Crippen LogP contribution in [0.25, 0.3) is 0 Å². The molecule has 0 aromatic rings. The van der Waals surface area contributed by atoms with Crippen molar-refractivity contribution in [3.8, 4) is 0 Å². The number of carbonyl (C=O) groups excluding carboxylic acids is 1. The average Bonchev–Trinajstić information content (AvgIpc) is 2.49. The predicted molar refractivity (Wildman–Crippen MR) is 45.3 cm³/mol. The average molecular weight is 187 g/mol. The summed E-state index contributed by atoms with van der Waals surface area (Å²) in [7, 11) is 0. The first-order valence-electron chi connectivity index (χ1n) is 4.14. The lowest BCUT2D eigenvalue weighted by atomic mass is 9.99. The van der Waals surface area contributed by atoms with Crippen LogP contribution in [-0.4, -0.2) is 35.6 Å². The maximum absolute atomic E-state index is 11.4. The van der Waals surface area contributed by atoms with Crippen molar-refractivity contribution < 1.29 is 19.5 Å². The lowest BCUT2D eigenvalue weighted by Gasteiger charge is -2.21. The van der Waals surface area contributed by atoms with Gasteiger partial charge in [-0.1, -0.05) is 5.16 Å². The zero-order chi connectivity index (χ0) is 9.90. The third-order valence-electron chi connectivity index (χ3n) is 1.82. The van der Waals surface area contributed by atoms with Gasteiger partial charge in [0.05, 0.1) is 18.9 Å². The van der Waals surface area contributed by atoms with Crippen LogP contribution in [-0.2, 0) is 14.4 Å². The Morgan fingerprint density at radius 2 is 2.54 bits per heavy atom. The number of hydrogen-bond acceptors (Lipinski definition) is 5. The van der Waals surface area contributed by atoms with E-state index in [0.29, 0.717) is 12.1 Å². The van der Waals surface area contributed by atoms with E-state index in [1.807, 2.05) is 0 Å². The Morgan fingerprint density at radius 3 is 2.92 bits per heavy atom. The van der Waals surface area contributed by atoms with Crippen molar-refractivity contribution in [2.24, 2.45) is 5.16 Å². The van der Waals surface area contributed by atoms with E-state index in [9.17, 15) is 4.79 Å². The SMILES string of the molecule is CCOC(=O)C1(CO)CC(C)=NO1. The molecule has 1 aliphatic rings. The minimum Gasteiger partial charge on any atom is -0.463 e. The van der Waals surface area contributed by atoms with Crippen molar-refractivity contribution in [2.45, 2.75) is 25.9 Å². The zero-order valence-electron chi connectivity index (χ0n) is 7.74. The van der Waals surface area contributed by atoms with Crippen molar-refractivity contribution in [1.29, 1.82) is 0 Å². The number of aliphatic hydroxyl groups is 1. The number of hydrogen-bond donors (Lipinski definition) is 1. The van der Waals surface area contributed by atoms with Gasteiger partial charge in [-0.05, 0) is 13.8 Å². The minimum atomic E-state index is -1.29. The highest BCUT2D eigenvalue weighted by molar-refractivity contribution is 5.92. The molecule has 1 heterocycles. The Hall–Kier alpha value is -1.10. The standard InChI is InChI=1S/C8H13NO4/c1-3-12-7(11)8(5-10)4-6(2)9-13-8/h10H,3-5H2,1-2H3. The molecule has 1 N–H and O–H groups in total. The lowest BCUT2D eigenvalue weighted by molar-refractivity contribution is -0.173. The lowest BCUT2D eigenvalue weighted by Crippen LogP contribution is -2.43. The molecule has 1 aliphatic heterocycles. The second-order valence-electron chi connectivity index (χ2n) is 2.97. The molecule has 0 amide bonds. The molecule has 0 saturated heterocycles. The number of carbonyl (C=O) groups is 1. The first-order valence-corrected chi connectivity index (χ1v) is 4.14. The van der Waals surface area contributed by atoms with Crippen molar-refractivity contribution in [1.82, 2.24) is 0 Å². The molecule has 0 radical (unpaired) electrons. The number of rotatable bonds is 3. The fraction of sp³-hybridized carbons (Fsp3) is 0.750. The number of oxime groups is 1. The van der Waals surface area contributed by atoms with E-state index in [4.69, 9.17) is 14.7 Å². The molecule has 0 aromatic carbocycles. The van der Waals surface area contributed by atoms with Crippen LogP contribution in [0.2, 0.25) is 0 Å². The van der Waals surface area contributed by atoms with E-state index in [0.717, 1.165) is 0 Å². The summed E-state index contributed by atoms with van der Waals surface area (Å²) in [6.07, 6.45) is 0.294. The third-order valence-corrected chi connectivity index (χ3v) is 1.82. The molecular formula is C8H13NO4. The van der Waals surface area contributed by atoms with E-state index in [1.54, 1.807) is 13.8 Å². The maximum Gasteiger partial charge on any atom is 0.356 e. The second-order valence-corrected chi connectivity index (χ2v) is 2.97. The molecule has 74 valence electrons. The Morgan fingerprint density at radius 1 is 1.85 bits per heavy atom. The van der Waals surface area contributed by atoms with Crippen molar-refractivity contribution >= 4 is 11.7 Å². The van der Waals surface area contributed by atoms with Crippen LogP contribution >= 0.6 is 0 Å².